The predicted octanol–water partition coefficient (Wildman–Crippen LogP) is 6.58. The van der Waals surface area contributed by atoms with Crippen LogP contribution in [0.5, 0.6) is 11.5 Å². The van der Waals surface area contributed by atoms with Crippen molar-refractivity contribution in [2.24, 2.45) is 0 Å². The minimum Gasteiger partial charge on any atom is -0.491 e. The average molecular weight is 617 g/mol. The van der Waals surface area contributed by atoms with Crippen LogP contribution < -0.4 is 14.8 Å². The molecule has 1 saturated heterocycles. The van der Waals surface area contributed by atoms with Gasteiger partial charge in [0, 0.05) is 38.1 Å². The lowest BCUT2D eigenvalue weighted by Crippen LogP contribution is -2.35. The van der Waals surface area contributed by atoms with Gasteiger partial charge < -0.3 is 33.9 Å². The summed E-state index contributed by atoms with van der Waals surface area (Å²) < 4.78 is 28.9. The van der Waals surface area contributed by atoms with Gasteiger partial charge >= 0.3 is 6.09 Å². The van der Waals surface area contributed by atoms with Crippen LogP contribution in [-0.2, 0) is 33.8 Å². The Morgan fingerprint density at radius 2 is 1.87 bits per heavy atom. The third kappa shape index (κ3) is 9.22. The van der Waals surface area contributed by atoms with E-state index in [0.717, 1.165) is 53.0 Å². The standard InChI is InChI=1S/C36H44N2O7/c1-4-5-6-17-37-34(39)29-9-7-8-27(21-29)24-41-19-20-42-31-13-10-26(11-14-31)16-18-38-23-33(44-35(38)40)28-12-15-32-30(22-28)25-43-36(2,3)45-32/h7-15,21-22,33H,4-6,16-20,23-25H2,1-3H3,(H,37,39)/t33-/m0/s1. The van der Waals surface area contributed by atoms with Crippen LogP contribution in [0.1, 0.15) is 78.7 Å². The quantitative estimate of drug-likeness (QED) is 0.193. The van der Waals surface area contributed by atoms with Crippen molar-refractivity contribution in [2.45, 2.75) is 71.6 Å². The van der Waals surface area contributed by atoms with Gasteiger partial charge in [0.05, 0.1) is 26.4 Å². The summed E-state index contributed by atoms with van der Waals surface area (Å²) in [6.07, 6.45) is 3.32. The molecule has 0 bridgehead atoms. The Morgan fingerprint density at radius 3 is 2.69 bits per heavy atom. The fourth-order valence-corrected chi connectivity index (χ4v) is 5.33. The second-order valence-electron chi connectivity index (χ2n) is 11.9. The van der Waals surface area contributed by atoms with Crippen molar-refractivity contribution >= 4 is 12.0 Å². The number of nitrogens with zero attached hydrogens (tertiary/aromatic N) is 1. The molecule has 1 fully saturated rings. The summed E-state index contributed by atoms with van der Waals surface area (Å²) in [4.78, 5) is 26.7. The van der Waals surface area contributed by atoms with Crippen LogP contribution in [0.4, 0.5) is 4.79 Å². The third-order valence-electron chi connectivity index (χ3n) is 7.89. The van der Waals surface area contributed by atoms with Crippen molar-refractivity contribution in [1.29, 1.82) is 0 Å². The molecule has 9 nitrogen and oxygen atoms in total. The summed E-state index contributed by atoms with van der Waals surface area (Å²) in [5.41, 5.74) is 4.60. The Hall–Kier alpha value is -4.08. The molecule has 2 aliphatic rings. The maximum atomic E-state index is 12.6. The summed E-state index contributed by atoms with van der Waals surface area (Å²) in [5.74, 6) is 0.864. The topological polar surface area (TPSA) is 95.6 Å². The minimum atomic E-state index is -0.646. The van der Waals surface area contributed by atoms with E-state index in [1.165, 1.54) is 0 Å². The number of carbonyl (C=O) groups is 2. The lowest BCUT2D eigenvalue weighted by atomic mass is 10.0. The normalized spacial score (nSPS) is 16.9. The van der Waals surface area contributed by atoms with Crippen molar-refractivity contribution in [3.8, 4) is 11.5 Å². The van der Waals surface area contributed by atoms with Crippen molar-refractivity contribution in [3.63, 3.8) is 0 Å². The maximum Gasteiger partial charge on any atom is 0.410 e. The minimum absolute atomic E-state index is 0.0504. The summed E-state index contributed by atoms with van der Waals surface area (Å²) in [5, 5.41) is 2.97. The monoisotopic (exact) mass is 616 g/mol. The first-order valence-corrected chi connectivity index (χ1v) is 15.9. The summed E-state index contributed by atoms with van der Waals surface area (Å²) >= 11 is 0. The van der Waals surface area contributed by atoms with Gasteiger partial charge in [-0.05, 0) is 65.9 Å². The largest absolute Gasteiger partial charge is 0.491 e. The van der Waals surface area contributed by atoms with Crippen molar-refractivity contribution in [3.05, 3.63) is 94.5 Å². The average Bonchev–Trinajstić information content (AvgIpc) is 3.42. The Balaban J connectivity index is 0.999. The molecule has 3 aromatic carbocycles. The first-order chi connectivity index (χ1) is 21.8. The number of nitrogens with one attached hydrogen (secondary N) is 1. The van der Waals surface area contributed by atoms with Gasteiger partial charge in [-0.15, -0.1) is 0 Å². The van der Waals surface area contributed by atoms with Crippen molar-refractivity contribution in [1.82, 2.24) is 10.2 Å². The molecule has 0 radical (unpaired) electrons. The van der Waals surface area contributed by atoms with E-state index in [0.29, 0.717) is 58.0 Å². The van der Waals surface area contributed by atoms with Gasteiger partial charge in [0.25, 0.3) is 5.91 Å². The van der Waals surface area contributed by atoms with Gasteiger partial charge in [-0.2, -0.15) is 0 Å². The van der Waals surface area contributed by atoms with Crippen LogP contribution in [0.25, 0.3) is 0 Å². The second kappa shape index (κ2) is 15.3. The lowest BCUT2D eigenvalue weighted by molar-refractivity contribution is -0.180. The molecule has 0 spiro atoms. The van der Waals surface area contributed by atoms with E-state index in [1.54, 1.807) is 4.90 Å². The number of cyclic esters (lactones) is 1. The number of rotatable bonds is 15. The molecular weight excluding hydrogens is 572 g/mol. The molecule has 1 atom stereocenters. The van der Waals surface area contributed by atoms with Crippen LogP contribution in [0.3, 0.4) is 0 Å². The van der Waals surface area contributed by atoms with Gasteiger partial charge in [-0.3, -0.25) is 4.79 Å². The zero-order valence-corrected chi connectivity index (χ0v) is 26.5. The fraction of sp³-hybridized carbons (Fsp3) is 0.444. The van der Waals surface area contributed by atoms with Gasteiger partial charge in [0.15, 0.2) is 0 Å². The van der Waals surface area contributed by atoms with E-state index in [9.17, 15) is 9.59 Å². The number of hydrogen-bond acceptors (Lipinski definition) is 7. The highest BCUT2D eigenvalue weighted by Crippen LogP contribution is 2.35. The van der Waals surface area contributed by atoms with Crippen LogP contribution in [0, 0.1) is 0 Å². The fourth-order valence-electron chi connectivity index (χ4n) is 5.33. The van der Waals surface area contributed by atoms with E-state index in [2.05, 4.69) is 12.2 Å². The first kappa shape index (κ1) is 32.3. The lowest BCUT2D eigenvalue weighted by Gasteiger charge is -2.32. The smallest absolute Gasteiger partial charge is 0.410 e. The van der Waals surface area contributed by atoms with Gasteiger partial charge in [-0.1, -0.05) is 50.1 Å². The van der Waals surface area contributed by atoms with E-state index in [4.69, 9.17) is 23.7 Å². The van der Waals surface area contributed by atoms with Gasteiger partial charge in [-0.25, -0.2) is 4.79 Å². The molecule has 240 valence electrons. The van der Waals surface area contributed by atoms with Crippen LogP contribution >= 0.6 is 0 Å². The van der Waals surface area contributed by atoms with E-state index in [1.807, 2.05) is 80.6 Å². The molecule has 2 aliphatic heterocycles. The number of carbonyl (C=O) groups excluding carboxylic acids is 2. The second-order valence-corrected chi connectivity index (χ2v) is 11.9. The highest BCUT2D eigenvalue weighted by Gasteiger charge is 2.33. The molecule has 5 rings (SSSR count). The molecule has 0 aliphatic carbocycles. The maximum absolute atomic E-state index is 12.6. The number of unbranched alkanes of at least 4 members (excludes halogenated alkanes) is 2. The summed E-state index contributed by atoms with van der Waals surface area (Å²) in [6.45, 7) is 9.39. The molecule has 2 amide bonds. The molecule has 0 unspecified atom stereocenters. The molecule has 45 heavy (non-hydrogen) atoms. The third-order valence-corrected chi connectivity index (χ3v) is 7.89. The van der Waals surface area contributed by atoms with Crippen LogP contribution in [0.2, 0.25) is 0 Å². The highest BCUT2D eigenvalue weighted by atomic mass is 16.7. The Kier molecular flexibility index (Phi) is 11.0. The number of fused-ring (bicyclic) bond motifs is 1. The number of ether oxygens (including phenoxy) is 5. The molecule has 0 saturated carbocycles. The number of hydrogen-bond donors (Lipinski definition) is 1. The number of benzene rings is 3. The number of amides is 2. The van der Waals surface area contributed by atoms with Crippen LogP contribution in [-0.4, -0.2) is 55.5 Å². The SMILES string of the molecule is CCCCCNC(=O)c1cccc(COCCOc2ccc(CCN3C[C@@H](c4ccc5c(c4)COC(C)(C)O5)OC3=O)cc2)c1. The Bertz CT molecular complexity index is 1440. The van der Waals surface area contributed by atoms with Crippen molar-refractivity contribution < 1.29 is 33.3 Å². The van der Waals surface area contributed by atoms with E-state index in [-0.39, 0.29) is 18.1 Å². The summed E-state index contributed by atoms with van der Waals surface area (Å²) in [7, 11) is 0. The van der Waals surface area contributed by atoms with Gasteiger partial charge in [0.1, 0.15) is 24.2 Å². The predicted molar refractivity (Wildman–Crippen MR) is 170 cm³/mol. The molecule has 0 aromatic heterocycles. The zero-order valence-electron chi connectivity index (χ0n) is 26.5. The van der Waals surface area contributed by atoms with Gasteiger partial charge in [0.2, 0.25) is 5.79 Å². The molecule has 3 aromatic rings. The Labute approximate surface area is 265 Å². The molecule has 2 heterocycles. The van der Waals surface area contributed by atoms with Crippen LogP contribution in [0.15, 0.2) is 66.7 Å². The van der Waals surface area contributed by atoms with E-state index >= 15 is 0 Å². The Morgan fingerprint density at radius 1 is 1.02 bits per heavy atom. The first-order valence-electron chi connectivity index (χ1n) is 15.9. The molecule has 1 N–H and O–H groups in total. The summed E-state index contributed by atoms with van der Waals surface area (Å²) in [6, 6.07) is 21.3. The highest BCUT2D eigenvalue weighted by molar-refractivity contribution is 5.94. The van der Waals surface area contributed by atoms with Crippen molar-refractivity contribution in [2.75, 3.05) is 32.8 Å². The zero-order chi connectivity index (χ0) is 31.6. The van der Waals surface area contributed by atoms with E-state index < -0.39 is 5.79 Å². The molecule has 9 heteroatoms. The molecular formula is C36H44N2O7.